The van der Waals surface area contributed by atoms with Crippen LogP contribution in [0.15, 0.2) is 67.0 Å². The van der Waals surface area contributed by atoms with Crippen LogP contribution in [-0.4, -0.2) is 45.9 Å². The van der Waals surface area contributed by atoms with Gasteiger partial charge in [-0.25, -0.2) is 10.5 Å². The molecule has 2 aromatic heterocycles. The predicted octanol–water partition coefficient (Wildman–Crippen LogP) is 3.89. The highest BCUT2D eigenvalue weighted by Gasteiger charge is 2.23. The molecule has 0 radical (unpaired) electrons. The molecule has 0 spiro atoms. The molecular formula is C25H24N4O4. The summed E-state index contributed by atoms with van der Waals surface area (Å²) in [5.74, 6) is -0.400. The van der Waals surface area contributed by atoms with Crippen LogP contribution in [0.25, 0.3) is 33.3 Å². The standard InChI is InChI=1S/C25H24N4O4/c1-2-33-24-22(25(31)29-32)20-15-26-12-11-21(20)28-23(24)18-5-3-16(4-6-18)17-7-9-19(10-8-17)27-13-14-30/h3-12,15,27,30,32H,2,13-14H2,1H3,(H,29,31). The number of fused-ring (bicyclic) bond motifs is 1. The van der Waals surface area contributed by atoms with Crippen molar-refractivity contribution in [2.24, 2.45) is 0 Å². The second-order valence-electron chi connectivity index (χ2n) is 7.24. The van der Waals surface area contributed by atoms with Crippen molar-refractivity contribution in [2.75, 3.05) is 25.1 Å². The third-order valence-corrected chi connectivity index (χ3v) is 5.18. The summed E-state index contributed by atoms with van der Waals surface area (Å²) in [5.41, 5.74) is 6.73. The van der Waals surface area contributed by atoms with E-state index < -0.39 is 5.91 Å². The fourth-order valence-corrected chi connectivity index (χ4v) is 3.65. The Bertz CT molecular complexity index is 1260. The number of rotatable bonds is 8. The monoisotopic (exact) mass is 444 g/mol. The van der Waals surface area contributed by atoms with Crippen LogP contribution in [-0.2, 0) is 0 Å². The van der Waals surface area contributed by atoms with Crippen LogP contribution in [0.2, 0.25) is 0 Å². The van der Waals surface area contributed by atoms with Crippen LogP contribution >= 0.6 is 0 Å². The summed E-state index contributed by atoms with van der Waals surface area (Å²) in [6, 6.07) is 17.4. The van der Waals surface area contributed by atoms with Gasteiger partial charge in [0.2, 0.25) is 0 Å². The highest BCUT2D eigenvalue weighted by Crippen LogP contribution is 2.37. The second kappa shape index (κ2) is 10.1. The zero-order valence-corrected chi connectivity index (χ0v) is 18.1. The molecule has 168 valence electrons. The van der Waals surface area contributed by atoms with Gasteiger partial charge in [0.05, 0.1) is 24.3 Å². The SMILES string of the molecule is CCOc1c(-c2ccc(-c3ccc(NCCO)cc3)cc2)nc2ccncc2c1C(=O)NO. The van der Waals surface area contributed by atoms with E-state index in [0.717, 1.165) is 22.4 Å². The van der Waals surface area contributed by atoms with Gasteiger partial charge in [-0.1, -0.05) is 36.4 Å². The van der Waals surface area contributed by atoms with Gasteiger partial charge in [0.1, 0.15) is 5.69 Å². The van der Waals surface area contributed by atoms with Gasteiger partial charge in [0, 0.05) is 35.6 Å². The van der Waals surface area contributed by atoms with Crippen molar-refractivity contribution >= 4 is 22.5 Å². The van der Waals surface area contributed by atoms with E-state index in [1.807, 2.05) is 55.5 Å². The summed E-state index contributed by atoms with van der Waals surface area (Å²) in [7, 11) is 0. The van der Waals surface area contributed by atoms with Crippen molar-refractivity contribution in [2.45, 2.75) is 6.92 Å². The van der Waals surface area contributed by atoms with E-state index in [2.05, 4.69) is 10.3 Å². The predicted molar refractivity (Wildman–Crippen MR) is 126 cm³/mol. The van der Waals surface area contributed by atoms with Crippen LogP contribution < -0.4 is 15.5 Å². The maximum absolute atomic E-state index is 12.5. The lowest BCUT2D eigenvalue weighted by atomic mass is 9.99. The van der Waals surface area contributed by atoms with Gasteiger partial charge in [0.25, 0.3) is 5.91 Å². The average Bonchev–Trinajstić information content (AvgIpc) is 2.87. The molecule has 4 aromatic rings. The molecule has 8 nitrogen and oxygen atoms in total. The Morgan fingerprint density at radius 3 is 2.30 bits per heavy atom. The third kappa shape index (κ3) is 4.62. The topological polar surface area (TPSA) is 117 Å². The summed E-state index contributed by atoms with van der Waals surface area (Å²) in [4.78, 5) is 21.3. The van der Waals surface area contributed by atoms with Gasteiger partial charge >= 0.3 is 0 Å². The second-order valence-corrected chi connectivity index (χ2v) is 7.24. The average molecular weight is 444 g/mol. The van der Waals surface area contributed by atoms with E-state index in [1.54, 1.807) is 17.7 Å². The number of aliphatic hydroxyl groups is 1. The fraction of sp³-hybridized carbons (Fsp3) is 0.160. The first-order valence-electron chi connectivity index (χ1n) is 10.6. The maximum Gasteiger partial charge on any atom is 0.279 e. The number of benzene rings is 2. The maximum atomic E-state index is 12.5. The lowest BCUT2D eigenvalue weighted by Gasteiger charge is -2.16. The largest absolute Gasteiger partial charge is 0.491 e. The van der Waals surface area contributed by atoms with Crippen molar-refractivity contribution in [3.63, 3.8) is 0 Å². The zero-order chi connectivity index (χ0) is 23.2. The van der Waals surface area contributed by atoms with Crippen molar-refractivity contribution in [3.8, 4) is 28.1 Å². The van der Waals surface area contributed by atoms with Gasteiger partial charge in [-0.2, -0.15) is 0 Å². The number of hydroxylamine groups is 1. The fourth-order valence-electron chi connectivity index (χ4n) is 3.65. The zero-order valence-electron chi connectivity index (χ0n) is 18.1. The number of amides is 1. The van der Waals surface area contributed by atoms with Gasteiger partial charge in [0.15, 0.2) is 5.75 Å². The molecule has 0 aliphatic carbocycles. The highest BCUT2D eigenvalue weighted by atomic mass is 16.5. The van der Waals surface area contributed by atoms with Gasteiger partial charge < -0.3 is 15.2 Å². The summed E-state index contributed by atoms with van der Waals surface area (Å²) in [5, 5.41) is 21.9. The lowest BCUT2D eigenvalue weighted by Crippen LogP contribution is -2.21. The summed E-state index contributed by atoms with van der Waals surface area (Å²) >= 11 is 0. The Balaban J connectivity index is 1.76. The quantitative estimate of drug-likeness (QED) is 0.241. The van der Waals surface area contributed by atoms with E-state index in [0.29, 0.717) is 29.7 Å². The summed E-state index contributed by atoms with van der Waals surface area (Å²) < 4.78 is 5.83. The third-order valence-electron chi connectivity index (χ3n) is 5.18. The number of hydrogen-bond acceptors (Lipinski definition) is 7. The molecule has 0 saturated heterocycles. The van der Waals surface area contributed by atoms with E-state index in [-0.39, 0.29) is 17.9 Å². The van der Waals surface area contributed by atoms with Gasteiger partial charge in [-0.3, -0.25) is 15.0 Å². The lowest BCUT2D eigenvalue weighted by molar-refractivity contribution is 0.0704. The normalized spacial score (nSPS) is 10.8. The summed E-state index contributed by atoms with van der Waals surface area (Å²) in [6.07, 6.45) is 3.13. The van der Waals surface area contributed by atoms with Crippen LogP contribution in [0.1, 0.15) is 17.3 Å². The van der Waals surface area contributed by atoms with Crippen molar-refractivity contribution < 1.29 is 19.8 Å². The number of aliphatic hydroxyl groups excluding tert-OH is 1. The number of nitrogens with zero attached hydrogens (tertiary/aromatic N) is 2. The minimum Gasteiger partial charge on any atom is -0.491 e. The van der Waals surface area contributed by atoms with E-state index in [1.165, 1.54) is 6.20 Å². The number of carbonyl (C=O) groups excluding carboxylic acids is 1. The highest BCUT2D eigenvalue weighted by molar-refractivity contribution is 6.09. The molecule has 0 aliphatic rings. The Kier molecular flexibility index (Phi) is 6.77. The number of hydrogen-bond donors (Lipinski definition) is 4. The van der Waals surface area contributed by atoms with Crippen LogP contribution in [0.4, 0.5) is 5.69 Å². The Labute approximate surface area is 190 Å². The number of carbonyl (C=O) groups is 1. The Morgan fingerprint density at radius 2 is 1.67 bits per heavy atom. The molecule has 1 amide bonds. The molecule has 0 saturated carbocycles. The van der Waals surface area contributed by atoms with Crippen molar-refractivity contribution in [1.29, 1.82) is 0 Å². The molecule has 0 atom stereocenters. The Morgan fingerprint density at radius 1 is 1.00 bits per heavy atom. The van der Waals surface area contributed by atoms with Crippen molar-refractivity contribution in [1.82, 2.24) is 15.4 Å². The van der Waals surface area contributed by atoms with Gasteiger partial charge in [-0.05, 0) is 36.2 Å². The number of anilines is 1. The molecule has 2 heterocycles. The Hall–Kier alpha value is -4.01. The first-order chi connectivity index (χ1) is 16.2. The molecule has 0 fully saturated rings. The number of pyridine rings is 2. The molecule has 4 N–H and O–H groups in total. The molecular weight excluding hydrogens is 420 g/mol. The molecule has 0 bridgehead atoms. The van der Waals surface area contributed by atoms with E-state index in [4.69, 9.17) is 14.8 Å². The number of ether oxygens (including phenoxy) is 1. The molecule has 8 heteroatoms. The van der Waals surface area contributed by atoms with E-state index >= 15 is 0 Å². The van der Waals surface area contributed by atoms with Crippen LogP contribution in [0.3, 0.4) is 0 Å². The van der Waals surface area contributed by atoms with Crippen LogP contribution in [0.5, 0.6) is 5.75 Å². The first kappa shape index (κ1) is 22.2. The minimum absolute atomic E-state index is 0.0773. The van der Waals surface area contributed by atoms with E-state index in [9.17, 15) is 10.0 Å². The van der Waals surface area contributed by atoms with Gasteiger partial charge in [-0.15, -0.1) is 0 Å². The van der Waals surface area contributed by atoms with Crippen molar-refractivity contribution in [3.05, 3.63) is 72.6 Å². The minimum atomic E-state index is -0.688. The smallest absolute Gasteiger partial charge is 0.279 e. The molecule has 4 rings (SSSR count). The van der Waals surface area contributed by atoms with Crippen LogP contribution in [0, 0.1) is 0 Å². The molecule has 33 heavy (non-hydrogen) atoms. The molecule has 0 unspecified atom stereocenters. The molecule has 2 aromatic carbocycles. The number of aromatic nitrogens is 2. The first-order valence-corrected chi connectivity index (χ1v) is 10.6. The summed E-state index contributed by atoms with van der Waals surface area (Å²) in [6.45, 7) is 2.72. The number of nitrogens with one attached hydrogen (secondary N) is 2. The molecule has 0 aliphatic heterocycles.